The van der Waals surface area contributed by atoms with E-state index >= 15 is 0 Å². The first-order valence-electron chi connectivity index (χ1n) is 15.6. The SMILES string of the molecule is CCOC(=O)c1ccc(-c2ccc(OCCCCCNC3CC3)c(-c3ccc4c(c3)C(C)(C)CCC4(C)C)c2)cc1. The fraction of sp³-hybridized carbons (Fsp3) is 0.486. The Hall–Kier alpha value is -3.11. The largest absolute Gasteiger partial charge is 0.493 e. The molecule has 0 heterocycles. The van der Waals surface area contributed by atoms with Crippen molar-refractivity contribution in [1.29, 1.82) is 0 Å². The number of carbonyl (C=O) groups is 1. The zero-order valence-corrected chi connectivity index (χ0v) is 25.6. The van der Waals surface area contributed by atoms with Crippen LogP contribution in [0, 0.1) is 0 Å². The fourth-order valence-electron chi connectivity index (χ4n) is 6.01. The van der Waals surface area contributed by atoms with Gasteiger partial charge in [0.05, 0.1) is 18.8 Å². The van der Waals surface area contributed by atoms with Crippen LogP contribution < -0.4 is 10.1 Å². The number of carbonyl (C=O) groups excluding carboxylic acids is 1. The van der Waals surface area contributed by atoms with E-state index in [4.69, 9.17) is 9.47 Å². The van der Waals surface area contributed by atoms with Crippen LogP contribution in [0.4, 0.5) is 0 Å². The van der Waals surface area contributed by atoms with E-state index in [1.807, 2.05) is 31.2 Å². The Labute approximate surface area is 246 Å². The summed E-state index contributed by atoms with van der Waals surface area (Å²) in [7, 11) is 0. The number of unbranched alkanes of at least 4 members (excludes halogenated alkanes) is 2. The Kier molecular flexibility index (Phi) is 8.89. The highest BCUT2D eigenvalue weighted by Gasteiger charge is 2.37. The molecule has 4 heteroatoms. The summed E-state index contributed by atoms with van der Waals surface area (Å²) in [4.78, 5) is 12.2. The van der Waals surface area contributed by atoms with Gasteiger partial charge in [0.1, 0.15) is 5.75 Å². The molecule has 0 aromatic heterocycles. The number of esters is 1. The summed E-state index contributed by atoms with van der Waals surface area (Å²) in [5.74, 6) is 0.646. The van der Waals surface area contributed by atoms with Crippen LogP contribution in [0.1, 0.15) is 101 Å². The van der Waals surface area contributed by atoms with E-state index in [1.165, 1.54) is 55.2 Å². The van der Waals surface area contributed by atoms with Crippen molar-refractivity contribution in [3.63, 3.8) is 0 Å². The van der Waals surface area contributed by atoms with E-state index in [0.717, 1.165) is 41.4 Å². The predicted octanol–water partition coefficient (Wildman–Crippen LogP) is 8.85. The number of hydrogen-bond acceptors (Lipinski definition) is 4. The maximum atomic E-state index is 12.2. The van der Waals surface area contributed by atoms with Crippen molar-refractivity contribution in [2.75, 3.05) is 19.8 Å². The molecule has 41 heavy (non-hydrogen) atoms. The Morgan fingerprint density at radius 3 is 2.20 bits per heavy atom. The van der Waals surface area contributed by atoms with Crippen LogP contribution >= 0.6 is 0 Å². The molecular weight excluding hydrogens is 506 g/mol. The molecule has 2 aliphatic rings. The summed E-state index contributed by atoms with van der Waals surface area (Å²) < 4.78 is 11.6. The first-order chi connectivity index (χ1) is 19.7. The van der Waals surface area contributed by atoms with Crippen LogP contribution in [0.25, 0.3) is 22.3 Å². The van der Waals surface area contributed by atoms with E-state index in [2.05, 4.69) is 69.4 Å². The maximum absolute atomic E-state index is 12.2. The van der Waals surface area contributed by atoms with Gasteiger partial charge >= 0.3 is 5.97 Å². The van der Waals surface area contributed by atoms with Crippen molar-refractivity contribution in [1.82, 2.24) is 5.32 Å². The zero-order valence-electron chi connectivity index (χ0n) is 25.6. The zero-order chi connectivity index (χ0) is 29.0. The molecule has 218 valence electrons. The monoisotopic (exact) mass is 553 g/mol. The molecule has 5 rings (SSSR count). The van der Waals surface area contributed by atoms with Crippen molar-refractivity contribution in [3.8, 4) is 28.0 Å². The summed E-state index contributed by atoms with van der Waals surface area (Å²) in [6.07, 6.45) is 8.49. The van der Waals surface area contributed by atoms with Gasteiger partial charge in [0.15, 0.2) is 0 Å². The first-order valence-corrected chi connectivity index (χ1v) is 15.6. The van der Waals surface area contributed by atoms with Crippen molar-refractivity contribution < 1.29 is 14.3 Å². The van der Waals surface area contributed by atoms with Gasteiger partial charge in [-0.15, -0.1) is 0 Å². The van der Waals surface area contributed by atoms with Gasteiger partial charge in [-0.3, -0.25) is 0 Å². The maximum Gasteiger partial charge on any atom is 0.338 e. The third kappa shape index (κ3) is 7.04. The molecule has 0 radical (unpaired) electrons. The molecule has 3 aromatic carbocycles. The highest BCUT2D eigenvalue weighted by Crippen LogP contribution is 2.47. The average Bonchev–Trinajstić information content (AvgIpc) is 3.80. The second-order valence-corrected chi connectivity index (χ2v) is 13.2. The standard InChI is InChI=1S/C37H47NO3/c1-6-40-35(39)27-12-10-26(11-13-27)28-15-19-34(41-23-9-7-8-22-38-30-16-17-30)31(24-28)29-14-18-32-33(25-29)37(4,5)21-20-36(32,2)3/h10-15,18-19,24-25,30,38H,6-9,16-17,20-23H2,1-5H3. The minimum atomic E-state index is -0.286. The molecule has 1 saturated carbocycles. The topological polar surface area (TPSA) is 47.6 Å². The normalized spacial score (nSPS) is 17.1. The number of fused-ring (bicyclic) bond motifs is 1. The van der Waals surface area contributed by atoms with Crippen molar-refractivity contribution in [2.45, 2.75) is 96.4 Å². The number of benzene rings is 3. The van der Waals surface area contributed by atoms with E-state index in [0.29, 0.717) is 18.8 Å². The Balaban J connectivity index is 1.42. The lowest BCUT2D eigenvalue weighted by Gasteiger charge is -2.42. The second-order valence-electron chi connectivity index (χ2n) is 13.2. The second kappa shape index (κ2) is 12.4. The van der Waals surface area contributed by atoms with Gasteiger partial charge in [0.25, 0.3) is 0 Å². The molecule has 0 unspecified atom stereocenters. The Morgan fingerprint density at radius 2 is 1.49 bits per heavy atom. The highest BCUT2D eigenvalue weighted by atomic mass is 16.5. The van der Waals surface area contributed by atoms with E-state index < -0.39 is 0 Å². The van der Waals surface area contributed by atoms with Crippen molar-refractivity contribution in [2.24, 2.45) is 0 Å². The summed E-state index contributed by atoms with van der Waals surface area (Å²) >= 11 is 0. The molecule has 2 aliphatic carbocycles. The third-order valence-corrected chi connectivity index (χ3v) is 8.96. The van der Waals surface area contributed by atoms with Gasteiger partial charge in [-0.05, 0) is 121 Å². The van der Waals surface area contributed by atoms with Crippen LogP contribution in [-0.2, 0) is 15.6 Å². The number of nitrogens with one attached hydrogen (secondary N) is 1. The van der Waals surface area contributed by atoms with Crippen LogP contribution in [0.2, 0.25) is 0 Å². The van der Waals surface area contributed by atoms with Gasteiger partial charge in [-0.1, -0.05) is 64.1 Å². The van der Waals surface area contributed by atoms with Crippen LogP contribution in [0.15, 0.2) is 60.7 Å². The summed E-state index contributed by atoms with van der Waals surface area (Å²) in [6, 6.07) is 22.0. The molecule has 0 bridgehead atoms. The van der Waals surface area contributed by atoms with E-state index in [1.54, 1.807) is 0 Å². The summed E-state index contributed by atoms with van der Waals surface area (Å²) in [5, 5.41) is 3.60. The number of rotatable bonds is 12. The minimum Gasteiger partial charge on any atom is -0.493 e. The average molecular weight is 554 g/mol. The molecule has 0 amide bonds. The lowest BCUT2D eigenvalue weighted by molar-refractivity contribution is 0.0526. The predicted molar refractivity (Wildman–Crippen MR) is 169 cm³/mol. The van der Waals surface area contributed by atoms with Crippen molar-refractivity contribution in [3.05, 3.63) is 77.4 Å². The van der Waals surface area contributed by atoms with E-state index in [-0.39, 0.29) is 16.8 Å². The van der Waals surface area contributed by atoms with E-state index in [9.17, 15) is 4.79 Å². The first kappa shape index (κ1) is 29.4. The summed E-state index contributed by atoms with van der Waals surface area (Å²) in [5.41, 5.74) is 8.28. The molecule has 1 N–H and O–H groups in total. The molecule has 0 saturated heterocycles. The van der Waals surface area contributed by atoms with Gasteiger partial charge in [0, 0.05) is 11.6 Å². The van der Waals surface area contributed by atoms with Gasteiger partial charge in [0.2, 0.25) is 0 Å². The quantitative estimate of drug-likeness (QED) is 0.180. The fourth-order valence-corrected chi connectivity index (χ4v) is 6.01. The third-order valence-electron chi connectivity index (χ3n) is 8.96. The molecule has 0 aliphatic heterocycles. The minimum absolute atomic E-state index is 0.136. The molecular formula is C37H47NO3. The molecule has 1 fully saturated rings. The molecule has 4 nitrogen and oxygen atoms in total. The van der Waals surface area contributed by atoms with Crippen LogP contribution in [0.5, 0.6) is 5.75 Å². The van der Waals surface area contributed by atoms with Crippen molar-refractivity contribution >= 4 is 5.97 Å². The number of hydrogen-bond donors (Lipinski definition) is 1. The molecule has 0 spiro atoms. The van der Waals surface area contributed by atoms with Gasteiger partial charge < -0.3 is 14.8 Å². The Morgan fingerprint density at radius 1 is 0.805 bits per heavy atom. The van der Waals surface area contributed by atoms with Crippen LogP contribution in [0.3, 0.4) is 0 Å². The lowest BCUT2D eigenvalue weighted by Crippen LogP contribution is -2.33. The smallest absolute Gasteiger partial charge is 0.338 e. The van der Waals surface area contributed by atoms with Crippen LogP contribution in [-0.4, -0.2) is 31.8 Å². The molecule has 0 atom stereocenters. The Bertz CT molecular complexity index is 1350. The van der Waals surface area contributed by atoms with Gasteiger partial charge in [-0.25, -0.2) is 4.79 Å². The molecule has 3 aromatic rings. The highest BCUT2D eigenvalue weighted by molar-refractivity contribution is 5.90. The number of ether oxygens (including phenoxy) is 2. The lowest BCUT2D eigenvalue weighted by atomic mass is 9.63. The van der Waals surface area contributed by atoms with Gasteiger partial charge in [-0.2, -0.15) is 0 Å². The summed E-state index contributed by atoms with van der Waals surface area (Å²) in [6.45, 7) is 13.5.